The molecule has 49 heavy (non-hydrogen) atoms. The zero-order chi connectivity index (χ0) is 35.3. The number of fused-ring (bicyclic) bond motifs is 2. The standard InChI is InChI=1S/C33H38N6O6S3Si/c1-34-31(40)28-21-37(16-17-38(28)33(41)32-35-26-13-15-36(2)22-29(26)46-32)48(44,45)30-20-24-19-23(14-18-49(3,4)5)11-12-27(24)39(30)47(42,43)25-9-7-6-8-10-25/h6-12,19-20,28H,13,15-17,21-22H2,1-5H3,(H,34,40). The van der Waals surface area contributed by atoms with Crippen LogP contribution in [-0.4, -0.2) is 106 Å². The molecule has 16 heteroatoms. The molecule has 1 unspecified atom stereocenters. The number of nitrogens with one attached hydrogen (secondary N) is 1. The van der Waals surface area contributed by atoms with Crippen molar-refractivity contribution in [2.75, 3.05) is 40.3 Å². The Morgan fingerprint density at radius 3 is 2.41 bits per heavy atom. The van der Waals surface area contributed by atoms with Crippen LogP contribution in [-0.2, 0) is 37.8 Å². The first kappa shape index (κ1) is 35.0. The van der Waals surface area contributed by atoms with Crippen molar-refractivity contribution in [3.63, 3.8) is 0 Å². The maximum Gasteiger partial charge on any atom is 0.283 e. The number of sulfonamides is 1. The van der Waals surface area contributed by atoms with Crippen LogP contribution in [0.2, 0.25) is 19.6 Å². The highest BCUT2D eigenvalue weighted by Crippen LogP contribution is 2.33. The number of nitrogens with zero attached hydrogens (tertiary/aromatic N) is 5. The second-order valence-electron chi connectivity index (χ2n) is 13.2. The minimum absolute atomic E-state index is 0.0810. The minimum atomic E-state index is -4.54. The number of aromatic nitrogens is 2. The molecule has 0 radical (unpaired) electrons. The van der Waals surface area contributed by atoms with E-state index in [1.165, 1.54) is 41.5 Å². The van der Waals surface area contributed by atoms with Crippen LogP contribution in [0.5, 0.6) is 0 Å². The van der Waals surface area contributed by atoms with E-state index in [1.807, 2.05) is 7.05 Å². The van der Waals surface area contributed by atoms with Crippen molar-refractivity contribution < 1.29 is 26.4 Å². The van der Waals surface area contributed by atoms with E-state index in [1.54, 1.807) is 36.4 Å². The molecule has 2 aromatic heterocycles. The molecule has 0 bridgehead atoms. The van der Waals surface area contributed by atoms with E-state index < -0.39 is 51.0 Å². The van der Waals surface area contributed by atoms with Gasteiger partial charge >= 0.3 is 0 Å². The second-order valence-corrected chi connectivity index (χ2v) is 22.7. The summed E-state index contributed by atoms with van der Waals surface area (Å²) in [5.41, 5.74) is 4.96. The fraction of sp³-hybridized carbons (Fsp3) is 0.364. The number of carbonyl (C=O) groups is 2. The van der Waals surface area contributed by atoms with Gasteiger partial charge in [0.25, 0.3) is 26.0 Å². The lowest BCUT2D eigenvalue weighted by Crippen LogP contribution is -2.61. The van der Waals surface area contributed by atoms with E-state index in [0.29, 0.717) is 23.9 Å². The first-order valence-corrected chi connectivity index (χ1v) is 23.0. The summed E-state index contributed by atoms with van der Waals surface area (Å²) in [6.07, 6.45) is 0.715. The Kier molecular flexibility index (Phi) is 9.37. The van der Waals surface area contributed by atoms with Crippen molar-refractivity contribution in [2.45, 2.75) is 48.6 Å². The summed E-state index contributed by atoms with van der Waals surface area (Å²) < 4.78 is 59.3. The van der Waals surface area contributed by atoms with Crippen molar-refractivity contribution in [1.82, 2.24) is 28.4 Å². The third kappa shape index (κ3) is 6.83. The van der Waals surface area contributed by atoms with Crippen LogP contribution in [0.1, 0.15) is 25.9 Å². The molecule has 1 saturated heterocycles. The van der Waals surface area contributed by atoms with Gasteiger partial charge in [-0.15, -0.1) is 16.9 Å². The molecule has 4 aromatic rings. The van der Waals surface area contributed by atoms with Gasteiger partial charge < -0.3 is 15.1 Å². The molecule has 2 amide bonds. The normalized spacial score (nSPS) is 17.7. The molecular formula is C33H38N6O6S3Si. The number of benzene rings is 2. The highest BCUT2D eigenvalue weighted by Gasteiger charge is 2.43. The Balaban J connectivity index is 1.40. The molecule has 1 atom stereocenters. The molecule has 0 saturated carbocycles. The zero-order valence-corrected chi connectivity index (χ0v) is 31.4. The van der Waals surface area contributed by atoms with Crippen LogP contribution in [0.25, 0.3) is 10.9 Å². The van der Waals surface area contributed by atoms with Crippen molar-refractivity contribution in [2.24, 2.45) is 0 Å². The van der Waals surface area contributed by atoms with Crippen molar-refractivity contribution >= 4 is 62.2 Å². The quantitative estimate of drug-likeness (QED) is 0.235. The van der Waals surface area contributed by atoms with E-state index in [-0.39, 0.29) is 35.1 Å². The first-order chi connectivity index (χ1) is 23.1. The molecule has 1 N–H and O–H groups in total. The van der Waals surface area contributed by atoms with Crippen LogP contribution in [0.3, 0.4) is 0 Å². The largest absolute Gasteiger partial charge is 0.357 e. The van der Waals surface area contributed by atoms with Crippen LogP contribution >= 0.6 is 11.3 Å². The Morgan fingerprint density at radius 2 is 1.71 bits per heavy atom. The summed E-state index contributed by atoms with van der Waals surface area (Å²) in [7, 11) is -7.25. The Labute approximate surface area is 291 Å². The second kappa shape index (κ2) is 13.1. The van der Waals surface area contributed by atoms with E-state index in [2.05, 4.69) is 46.3 Å². The maximum absolute atomic E-state index is 14.5. The summed E-state index contributed by atoms with van der Waals surface area (Å²) in [6.45, 7) is 7.19. The highest BCUT2D eigenvalue weighted by molar-refractivity contribution is 7.92. The summed E-state index contributed by atoms with van der Waals surface area (Å²) in [6, 6.07) is 12.7. The van der Waals surface area contributed by atoms with Gasteiger partial charge in [0.1, 0.15) is 14.1 Å². The van der Waals surface area contributed by atoms with Gasteiger partial charge in [-0.2, -0.15) is 4.31 Å². The first-order valence-electron chi connectivity index (χ1n) is 15.8. The number of likely N-dealkylation sites (N-methyl/N-ethyl adjacent to an activating group) is 2. The Morgan fingerprint density at radius 1 is 0.980 bits per heavy atom. The lowest BCUT2D eigenvalue weighted by Gasteiger charge is -2.39. The van der Waals surface area contributed by atoms with Crippen molar-refractivity contribution in [1.29, 1.82) is 0 Å². The van der Waals surface area contributed by atoms with Gasteiger partial charge in [0.2, 0.25) is 5.91 Å². The monoisotopic (exact) mass is 738 g/mol. The minimum Gasteiger partial charge on any atom is -0.357 e. The molecule has 4 heterocycles. The number of hydrogen-bond donors (Lipinski definition) is 1. The van der Waals surface area contributed by atoms with E-state index >= 15 is 0 Å². The van der Waals surface area contributed by atoms with Gasteiger partial charge in [-0.3, -0.25) is 9.59 Å². The van der Waals surface area contributed by atoms with Crippen LogP contribution in [0, 0.1) is 11.5 Å². The molecule has 0 spiro atoms. The molecular weight excluding hydrogens is 701 g/mol. The summed E-state index contributed by atoms with van der Waals surface area (Å²) >= 11 is 1.29. The zero-order valence-electron chi connectivity index (χ0n) is 27.9. The van der Waals surface area contributed by atoms with E-state index in [0.717, 1.165) is 25.4 Å². The molecule has 12 nitrogen and oxygen atoms in total. The maximum atomic E-state index is 14.5. The lowest BCUT2D eigenvalue weighted by atomic mass is 10.1. The van der Waals surface area contributed by atoms with E-state index in [4.69, 9.17) is 0 Å². The summed E-state index contributed by atoms with van der Waals surface area (Å²) in [4.78, 5) is 36.0. The molecule has 2 aliphatic rings. The van der Waals surface area contributed by atoms with Crippen molar-refractivity contribution in [3.05, 3.63) is 75.7 Å². The molecule has 2 aliphatic heterocycles. The van der Waals surface area contributed by atoms with Gasteiger partial charge in [-0.05, 0) is 43.4 Å². The Hall–Kier alpha value is -3.85. The predicted molar refractivity (Wildman–Crippen MR) is 191 cm³/mol. The van der Waals surface area contributed by atoms with Crippen LogP contribution in [0.15, 0.2) is 64.5 Å². The molecule has 0 aliphatic carbocycles. The number of thiazole rings is 1. The third-order valence-electron chi connectivity index (χ3n) is 8.45. The SMILES string of the molecule is CNC(=O)C1CN(S(=O)(=O)c2cc3cc(C#C[Si](C)(C)C)ccc3n2S(=O)(=O)c2ccccc2)CCN1C(=O)c1nc2c(s1)CN(C)CC2. The van der Waals surface area contributed by atoms with Gasteiger partial charge in [0, 0.05) is 62.0 Å². The number of carbonyl (C=O) groups excluding carboxylic acids is 2. The van der Waals surface area contributed by atoms with Crippen LogP contribution in [0.4, 0.5) is 0 Å². The topological polar surface area (TPSA) is 142 Å². The average molecular weight is 739 g/mol. The molecule has 1 fully saturated rings. The van der Waals surface area contributed by atoms with Crippen molar-refractivity contribution in [3.8, 4) is 11.5 Å². The highest BCUT2D eigenvalue weighted by atomic mass is 32.2. The van der Waals surface area contributed by atoms with E-state index in [9.17, 15) is 26.4 Å². The summed E-state index contributed by atoms with van der Waals surface area (Å²) in [5.74, 6) is 2.17. The number of piperazine rings is 1. The molecule has 2 aromatic carbocycles. The fourth-order valence-corrected chi connectivity index (χ4v) is 11.1. The predicted octanol–water partition coefficient (Wildman–Crippen LogP) is 2.81. The van der Waals surface area contributed by atoms with Crippen LogP contribution < -0.4 is 5.32 Å². The van der Waals surface area contributed by atoms with Gasteiger partial charge in [-0.25, -0.2) is 25.8 Å². The molecule has 6 rings (SSSR count). The Bertz CT molecular complexity index is 2230. The average Bonchev–Trinajstić information content (AvgIpc) is 3.68. The number of amides is 2. The van der Waals surface area contributed by atoms with Gasteiger partial charge in [-0.1, -0.05) is 43.8 Å². The van der Waals surface area contributed by atoms with Gasteiger partial charge in [0.15, 0.2) is 10.0 Å². The number of hydrogen-bond acceptors (Lipinski definition) is 9. The summed E-state index contributed by atoms with van der Waals surface area (Å²) in [5, 5.41) is 2.73. The van der Waals surface area contributed by atoms with Gasteiger partial charge in [0.05, 0.1) is 16.1 Å². The lowest BCUT2D eigenvalue weighted by molar-refractivity contribution is -0.126. The third-order valence-corrected chi connectivity index (χ3v) is 14.1. The fourth-order valence-electron chi connectivity index (χ4n) is 5.91. The smallest absolute Gasteiger partial charge is 0.283 e. The molecule has 258 valence electrons. The number of rotatable bonds is 6.